The Morgan fingerprint density at radius 1 is 1.23 bits per heavy atom. The van der Waals surface area contributed by atoms with Crippen molar-refractivity contribution in [3.63, 3.8) is 0 Å². The first-order valence-corrected chi connectivity index (χ1v) is 7.55. The van der Waals surface area contributed by atoms with E-state index in [0.29, 0.717) is 12.8 Å². The summed E-state index contributed by atoms with van der Waals surface area (Å²) in [5.41, 5.74) is 0.390. The number of aliphatic hydroxyl groups excluding tert-OH is 1. The lowest BCUT2D eigenvalue weighted by Gasteiger charge is -2.32. The van der Waals surface area contributed by atoms with Crippen molar-refractivity contribution in [3.8, 4) is 11.5 Å². The summed E-state index contributed by atoms with van der Waals surface area (Å²) in [4.78, 5) is 0. The van der Waals surface area contributed by atoms with Crippen LogP contribution in [0.5, 0.6) is 11.5 Å². The molecule has 1 saturated heterocycles. The number of rotatable bonds is 6. The van der Waals surface area contributed by atoms with Crippen LogP contribution in [0.1, 0.15) is 32.8 Å². The van der Waals surface area contributed by atoms with Crippen LogP contribution < -0.4 is 9.47 Å². The Bertz CT molecular complexity index is 514. The van der Waals surface area contributed by atoms with Gasteiger partial charge in [0.15, 0.2) is 5.79 Å². The second-order valence-corrected chi connectivity index (χ2v) is 6.15. The van der Waals surface area contributed by atoms with E-state index in [2.05, 4.69) is 0 Å². The lowest BCUT2D eigenvalue weighted by atomic mass is 9.86. The summed E-state index contributed by atoms with van der Waals surface area (Å²) in [6.45, 7) is 5.81. The first-order chi connectivity index (χ1) is 10.4. The topological polar surface area (TPSA) is 57.2 Å². The standard InChI is InChI=1S/C17H26O5/c1-12-17(8-9-18,22-16(2,3)21-12)11-13-10-14(19-4)6-7-15(13)20-5/h6-7,10,12,18H,8-9,11H2,1-5H3/t12-,17+/m0/s1. The summed E-state index contributed by atoms with van der Waals surface area (Å²) in [7, 11) is 3.28. The highest BCUT2D eigenvalue weighted by Gasteiger charge is 2.50. The minimum absolute atomic E-state index is 0.0378. The van der Waals surface area contributed by atoms with Gasteiger partial charge in [-0.05, 0) is 39.0 Å². The highest BCUT2D eigenvalue weighted by molar-refractivity contribution is 5.41. The monoisotopic (exact) mass is 310 g/mol. The quantitative estimate of drug-likeness (QED) is 0.875. The van der Waals surface area contributed by atoms with Crippen LogP contribution in [0.4, 0.5) is 0 Å². The van der Waals surface area contributed by atoms with Gasteiger partial charge in [0, 0.05) is 25.0 Å². The molecule has 0 aliphatic carbocycles. The van der Waals surface area contributed by atoms with Crippen molar-refractivity contribution in [3.05, 3.63) is 23.8 Å². The third-order valence-corrected chi connectivity index (χ3v) is 4.16. The van der Waals surface area contributed by atoms with Crippen molar-refractivity contribution >= 4 is 0 Å². The second-order valence-electron chi connectivity index (χ2n) is 6.15. The van der Waals surface area contributed by atoms with E-state index in [1.807, 2.05) is 39.0 Å². The average Bonchev–Trinajstić information content (AvgIpc) is 2.68. The van der Waals surface area contributed by atoms with Crippen LogP contribution in [0, 0.1) is 0 Å². The third-order valence-electron chi connectivity index (χ3n) is 4.16. The van der Waals surface area contributed by atoms with Crippen LogP contribution in [-0.2, 0) is 15.9 Å². The predicted octanol–water partition coefficient (Wildman–Crippen LogP) is 2.54. The molecular weight excluding hydrogens is 284 g/mol. The number of hydrogen-bond donors (Lipinski definition) is 1. The molecule has 0 saturated carbocycles. The molecule has 0 amide bonds. The van der Waals surface area contributed by atoms with Crippen molar-refractivity contribution in [2.24, 2.45) is 0 Å². The zero-order valence-electron chi connectivity index (χ0n) is 14.0. The summed E-state index contributed by atoms with van der Waals surface area (Å²) in [6.07, 6.45) is 0.946. The Kier molecular flexibility index (Phi) is 5.00. The fourth-order valence-corrected chi connectivity index (χ4v) is 3.18. The minimum atomic E-state index is -0.666. The van der Waals surface area contributed by atoms with Crippen LogP contribution >= 0.6 is 0 Å². The van der Waals surface area contributed by atoms with E-state index in [0.717, 1.165) is 17.1 Å². The number of methoxy groups -OCH3 is 2. The number of ether oxygens (including phenoxy) is 4. The Balaban J connectivity index is 2.36. The first-order valence-electron chi connectivity index (χ1n) is 7.55. The maximum Gasteiger partial charge on any atom is 0.164 e. The van der Waals surface area contributed by atoms with Gasteiger partial charge in [-0.3, -0.25) is 0 Å². The predicted molar refractivity (Wildman–Crippen MR) is 83.4 cm³/mol. The lowest BCUT2D eigenvalue weighted by Crippen LogP contribution is -2.42. The molecule has 2 atom stereocenters. The molecule has 1 heterocycles. The summed E-state index contributed by atoms with van der Waals surface area (Å²) in [5.74, 6) is 0.875. The maximum absolute atomic E-state index is 9.49. The number of benzene rings is 1. The van der Waals surface area contributed by atoms with E-state index < -0.39 is 11.4 Å². The Hall–Kier alpha value is -1.30. The van der Waals surface area contributed by atoms with Crippen LogP contribution in [-0.4, -0.2) is 43.4 Å². The molecule has 2 rings (SSSR count). The van der Waals surface area contributed by atoms with E-state index in [1.54, 1.807) is 14.2 Å². The van der Waals surface area contributed by atoms with Gasteiger partial charge in [-0.2, -0.15) is 0 Å². The molecule has 124 valence electrons. The van der Waals surface area contributed by atoms with Crippen molar-refractivity contribution in [1.82, 2.24) is 0 Å². The third kappa shape index (κ3) is 3.37. The van der Waals surface area contributed by atoms with Crippen molar-refractivity contribution in [2.75, 3.05) is 20.8 Å². The summed E-state index contributed by atoms with van der Waals surface area (Å²) in [6, 6.07) is 5.69. The van der Waals surface area contributed by atoms with Crippen LogP contribution in [0.15, 0.2) is 18.2 Å². The van der Waals surface area contributed by atoms with E-state index in [9.17, 15) is 5.11 Å². The molecule has 1 aliphatic rings. The van der Waals surface area contributed by atoms with Gasteiger partial charge in [0.05, 0.1) is 20.3 Å². The van der Waals surface area contributed by atoms with E-state index in [4.69, 9.17) is 18.9 Å². The molecule has 1 aliphatic heterocycles. The molecule has 0 unspecified atom stereocenters. The van der Waals surface area contributed by atoms with Crippen LogP contribution in [0.2, 0.25) is 0 Å². The molecule has 1 aromatic carbocycles. The fraction of sp³-hybridized carbons (Fsp3) is 0.647. The van der Waals surface area contributed by atoms with E-state index >= 15 is 0 Å². The Morgan fingerprint density at radius 2 is 1.95 bits per heavy atom. The second kappa shape index (κ2) is 6.44. The summed E-state index contributed by atoms with van der Waals surface area (Å²) < 4.78 is 22.9. The molecule has 0 bridgehead atoms. The van der Waals surface area contributed by atoms with Crippen molar-refractivity contribution in [1.29, 1.82) is 0 Å². The Labute approximate surface area is 132 Å². The molecular formula is C17H26O5. The van der Waals surface area contributed by atoms with Gasteiger partial charge >= 0.3 is 0 Å². The SMILES string of the molecule is COc1ccc(OC)c(C[C@@]2(CCO)OC(C)(C)O[C@H]2C)c1. The molecule has 5 nitrogen and oxygen atoms in total. The maximum atomic E-state index is 9.49. The van der Waals surface area contributed by atoms with Crippen molar-refractivity contribution < 1.29 is 24.1 Å². The molecule has 1 N–H and O–H groups in total. The zero-order chi connectivity index (χ0) is 16.4. The van der Waals surface area contributed by atoms with Gasteiger partial charge in [0.1, 0.15) is 17.1 Å². The first kappa shape index (κ1) is 17.1. The van der Waals surface area contributed by atoms with Gasteiger partial charge in [-0.25, -0.2) is 0 Å². The van der Waals surface area contributed by atoms with Gasteiger partial charge in [-0.15, -0.1) is 0 Å². The Morgan fingerprint density at radius 3 is 2.45 bits per heavy atom. The number of hydrogen-bond acceptors (Lipinski definition) is 5. The van der Waals surface area contributed by atoms with E-state index in [-0.39, 0.29) is 12.7 Å². The highest BCUT2D eigenvalue weighted by Crippen LogP contribution is 2.42. The molecule has 1 aromatic rings. The van der Waals surface area contributed by atoms with Crippen LogP contribution in [0.25, 0.3) is 0 Å². The van der Waals surface area contributed by atoms with Crippen molar-refractivity contribution in [2.45, 2.75) is 51.1 Å². The van der Waals surface area contributed by atoms with Gasteiger partial charge < -0.3 is 24.1 Å². The smallest absolute Gasteiger partial charge is 0.164 e. The van der Waals surface area contributed by atoms with E-state index in [1.165, 1.54) is 0 Å². The number of aliphatic hydroxyl groups is 1. The average molecular weight is 310 g/mol. The molecule has 0 aromatic heterocycles. The summed E-state index contributed by atoms with van der Waals surface area (Å²) in [5, 5.41) is 9.49. The molecule has 5 heteroatoms. The zero-order valence-corrected chi connectivity index (χ0v) is 14.0. The molecule has 0 spiro atoms. The molecule has 22 heavy (non-hydrogen) atoms. The molecule has 0 radical (unpaired) electrons. The largest absolute Gasteiger partial charge is 0.497 e. The van der Waals surface area contributed by atoms with Gasteiger partial charge in [0.25, 0.3) is 0 Å². The highest BCUT2D eigenvalue weighted by atomic mass is 16.8. The fourth-order valence-electron chi connectivity index (χ4n) is 3.18. The summed E-state index contributed by atoms with van der Waals surface area (Å²) >= 11 is 0. The normalized spacial score (nSPS) is 26.9. The lowest BCUT2D eigenvalue weighted by molar-refractivity contribution is -0.165. The molecule has 1 fully saturated rings. The van der Waals surface area contributed by atoms with Crippen LogP contribution in [0.3, 0.4) is 0 Å². The minimum Gasteiger partial charge on any atom is -0.497 e. The van der Waals surface area contributed by atoms with Gasteiger partial charge in [0.2, 0.25) is 0 Å². The van der Waals surface area contributed by atoms with Gasteiger partial charge in [-0.1, -0.05) is 0 Å².